The van der Waals surface area contributed by atoms with Crippen molar-refractivity contribution in [3.63, 3.8) is 0 Å². The third kappa shape index (κ3) is 4.81. The molecule has 2 rings (SSSR count). The van der Waals surface area contributed by atoms with E-state index in [1.807, 2.05) is 24.3 Å². The molecule has 0 aromatic heterocycles. The molecule has 0 saturated heterocycles. The normalized spacial score (nSPS) is 10.2. The summed E-state index contributed by atoms with van der Waals surface area (Å²) in [4.78, 5) is 12.9. The quantitative estimate of drug-likeness (QED) is 0.806. The number of methoxy groups -OCH3 is 1. The molecule has 21 heavy (non-hydrogen) atoms. The van der Waals surface area contributed by atoms with Crippen molar-refractivity contribution in [1.29, 1.82) is 0 Å². The van der Waals surface area contributed by atoms with Gasteiger partial charge in [0.05, 0.1) is 19.5 Å². The van der Waals surface area contributed by atoms with Crippen LogP contribution in [0.25, 0.3) is 0 Å². The number of aliphatic hydroxyl groups is 1. The van der Waals surface area contributed by atoms with Crippen molar-refractivity contribution in [2.45, 2.75) is 11.5 Å². The van der Waals surface area contributed by atoms with Crippen LogP contribution in [-0.2, 0) is 11.4 Å². The maximum absolute atomic E-state index is 11.9. The molecule has 0 spiro atoms. The predicted octanol–water partition coefficient (Wildman–Crippen LogP) is 2.92. The number of anilines is 1. The highest BCUT2D eigenvalue weighted by atomic mass is 32.2. The number of rotatable bonds is 6. The van der Waals surface area contributed by atoms with E-state index in [-0.39, 0.29) is 12.5 Å². The Hall–Kier alpha value is -1.98. The first-order valence-electron chi connectivity index (χ1n) is 6.48. The molecule has 5 heteroatoms. The molecule has 0 bridgehead atoms. The monoisotopic (exact) mass is 303 g/mol. The predicted molar refractivity (Wildman–Crippen MR) is 84.7 cm³/mol. The number of thioether (sulfide) groups is 1. The molecule has 2 N–H and O–H groups in total. The molecular formula is C16H17NO3S. The van der Waals surface area contributed by atoms with E-state index in [4.69, 9.17) is 9.84 Å². The highest BCUT2D eigenvalue weighted by molar-refractivity contribution is 8.00. The van der Waals surface area contributed by atoms with Crippen LogP contribution in [0.2, 0.25) is 0 Å². The summed E-state index contributed by atoms with van der Waals surface area (Å²) in [5.41, 5.74) is 1.55. The van der Waals surface area contributed by atoms with Gasteiger partial charge in [-0.1, -0.05) is 12.1 Å². The second kappa shape index (κ2) is 7.71. The van der Waals surface area contributed by atoms with Gasteiger partial charge in [0.15, 0.2) is 0 Å². The third-order valence-electron chi connectivity index (χ3n) is 2.85. The highest BCUT2D eigenvalue weighted by Crippen LogP contribution is 2.21. The van der Waals surface area contributed by atoms with Gasteiger partial charge in [0, 0.05) is 10.6 Å². The van der Waals surface area contributed by atoms with Crippen LogP contribution in [0.15, 0.2) is 53.4 Å². The molecule has 0 unspecified atom stereocenters. The fourth-order valence-corrected chi connectivity index (χ4v) is 2.41. The van der Waals surface area contributed by atoms with Crippen molar-refractivity contribution >= 4 is 23.4 Å². The van der Waals surface area contributed by atoms with Gasteiger partial charge < -0.3 is 15.2 Å². The number of hydrogen-bond donors (Lipinski definition) is 2. The summed E-state index contributed by atoms with van der Waals surface area (Å²) < 4.78 is 5.09. The Balaban J connectivity index is 1.83. The van der Waals surface area contributed by atoms with Gasteiger partial charge in [0.2, 0.25) is 5.91 Å². The fourth-order valence-electron chi connectivity index (χ4n) is 1.71. The van der Waals surface area contributed by atoms with E-state index in [0.29, 0.717) is 5.75 Å². The molecule has 2 aromatic carbocycles. The Kier molecular flexibility index (Phi) is 5.66. The van der Waals surface area contributed by atoms with E-state index in [9.17, 15) is 4.79 Å². The van der Waals surface area contributed by atoms with E-state index >= 15 is 0 Å². The van der Waals surface area contributed by atoms with Crippen molar-refractivity contribution in [1.82, 2.24) is 0 Å². The second-order valence-corrected chi connectivity index (χ2v) is 5.42. The Morgan fingerprint density at radius 3 is 2.38 bits per heavy atom. The van der Waals surface area contributed by atoms with Crippen molar-refractivity contribution in [2.24, 2.45) is 0 Å². The number of benzene rings is 2. The van der Waals surface area contributed by atoms with Crippen LogP contribution >= 0.6 is 11.8 Å². The van der Waals surface area contributed by atoms with E-state index in [1.54, 1.807) is 31.4 Å². The molecule has 4 nitrogen and oxygen atoms in total. The van der Waals surface area contributed by atoms with E-state index < -0.39 is 0 Å². The lowest BCUT2D eigenvalue weighted by atomic mass is 10.2. The average molecular weight is 303 g/mol. The van der Waals surface area contributed by atoms with E-state index in [1.165, 1.54) is 11.8 Å². The standard InChI is InChI=1S/C16H17NO3S/c1-20-14-6-8-15(9-7-14)21-11-16(19)17-13-4-2-12(10-18)3-5-13/h2-9,18H,10-11H2,1H3,(H,17,19). The van der Waals surface area contributed by atoms with Crippen LogP contribution in [0, 0.1) is 0 Å². The van der Waals surface area contributed by atoms with Gasteiger partial charge in [-0.2, -0.15) is 0 Å². The van der Waals surface area contributed by atoms with Crippen molar-refractivity contribution in [3.8, 4) is 5.75 Å². The van der Waals surface area contributed by atoms with E-state index in [0.717, 1.165) is 21.9 Å². The first-order chi connectivity index (χ1) is 10.2. The molecule has 0 aliphatic rings. The summed E-state index contributed by atoms with van der Waals surface area (Å²) in [7, 11) is 1.62. The van der Waals surface area contributed by atoms with Crippen LogP contribution in [0.1, 0.15) is 5.56 Å². The van der Waals surface area contributed by atoms with Gasteiger partial charge in [-0.05, 0) is 42.0 Å². The van der Waals surface area contributed by atoms with Crippen molar-refractivity contribution < 1.29 is 14.6 Å². The first kappa shape index (κ1) is 15.4. The summed E-state index contributed by atoms with van der Waals surface area (Å²) >= 11 is 1.47. The number of ether oxygens (including phenoxy) is 1. The maximum Gasteiger partial charge on any atom is 0.234 e. The van der Waals surface area contributed by atoms with E-state index in [2.05, 4.69) is 5.32 Å². The van der Waals surface area contributed by atoms with Crippen molar-refractivity contribution in [2.75, 3.05) is 18.2 Å². The molecule has 0 aliphatic carbocycles. The zero-order valence-electron chi connectivity index (χ0n) is 11.7. The van der Waals surface area contributed by atoms with Crippen LogP contribution in [0.4, 0.5) is 5.69 Å². The van der Waals surface area contributed by atoms with Gasteiger partial charge in [-0.25, -0.2) is 0 Å². The Morgan fingerprint density at radius 2 is 1.81 bits per heavy atom. The molecule has 2 aromatic rings. The Labute approximate surface area is 128 Å². The van der Waals surface area contributed by atoms with Crippen LogP contribution in [-0.4, -0.2) is 23.9 Å². The Bertz CT molecular complexity index is 581. The van der Waals surface area contributed by atoms with Crippen LogP contribution < -0.4 is 10.1 Å². The molecule has 110 valence electrons. The van der Waals surface area contributed by atoms with Crippen LogP contribution in [0.5, 0.6) is 5.75 Å². The molecular weight excluding hydrogens is 286 g/mol. The Morgan fingerprint density at radius 1 is 1.14 bits per heavy atom. The number of aliphatic hydroxyl groups excluding tert-OH is 1. The smallest absolute Gasteiger partial charge is 0.234 e. The number of hydrogen-bond acceptors (Lipinski definition) is 4. The van der Waals surface area contributed by atoms with Gasteiger partial charge in [-0.3, -0.25) is 4.79 Å². The molecule has 0 fully saturated rings. The highest BCUT2D eigenvalue weighted by Gasteiger charge is 2.04. The molecule has 0 saturated carbocycles. The number of nitrogens with one attached hydrogen (secondary N) is 1. The molecule has 1 amide bonds. The first-order valence-corrected chi connectivity index (χ1v) is 7.46. The summed E-state index contributed by atoms with van der Waals surface area (Å²) in [5.74, 6) is 1.08. The van der Waals surface area contributed by atoms with Crippen molar-refractivity contribution in [3.05, 3.63) is 54.1 Å². The lowest BCUT2D eigenvalue weighted by Gasteiger charge is -2.06. The fraction of sp³-hybridized carbons (Fsp3) is 0.188. The number of carbonyl (C=O) groups excluding carboxylic acids is 1. The van der Waals surface area contributed by atoms with Gasteiger partial charge in [0.1, 0.15) is 5.75 Å². The minimum Gasteiger partial charge on any atom is -0.497 e. The summed E-state index contributed by atoms with van der Waals surface area (Å²) in [5, 5.41) is 11.8. The lowest BCUT2D eigenvalue weighted by molar-refractivity contribution is -0.113. The topological polar surface area (TPSA) is 58.6 Å². The van der Waals surface area contributed by atoms with Crippen LogP contribution in [0.3, 0.4) is 0 Å². The lowest BCUT2D eigenvalue weighted by Crippen LogP contribution is -2.13. The third-order valence-corrected chi connectivity index (χ3v) is 3.86. The van der Waals surface area contributed by atoms with Gasteiger partial charge in [-0.15, -0.1) is 11.8 Å². The minimum absolute atomic E-state index is 0.00154. The zero-order chi connectivity index (χ0) is 15.1. The molecule has 0 atom stereocenters. The molecule has 0 aliphatic heterocycles. The van der Waals surface area contributed by atoms with Gasteiger partial charge in [0.25, 0.3) is 0 Å². The molecule has 0 radical (unpaired) electrons. The minimum atomic E-state index is -0.0624. The second-order valence-electron chi connectivity index (χ2n) is 4.37. The largest absolute Gasteiger partial charge is 0.497 e. The summed E-state index contributed by atoms with van der Waals surface area (Å²) in [6.07, 6.45) is 0. The number of amides is 1. The van der Waals surface area contributed by atoms with Gasteiger partial charge >= 0.3 is 0 Å². The zero-order valence-corrected chi connectivity index (χ0v) is 12.5. The summed E-state index contributed by atoms with van der Waals surface area (Å²) in [6, 6.07) is 14.7. The molecule has 0 heterocycles. The SMILES string of the molecule is COc1ccc(SCC(=O)Nc2ccc(CO)cc2)cc1. The number of carbonyl (C=O) groups is 1. The maximum atomic E-state index is 11.9. The summed E-state index contributed by atoms with van der Waals surface area (Å²) in [6.45, 7) is 0.00154. The average Bonchev–Trinajstić information content (AvgIpc) is 2.54.